The Kier molecular flexibility index (Phi) is 6.28. The fourth-order valence-electron chi connectivity index (χ4n) is 2.73. The van der Waals surface area contributed by atoms with Crippen LogP contribution >= 0.6 is 0 Å². The van der Waals surface area contributed by atoms with Gasteiger partial charge in [-0.25, -0.2) is 25.6 Å². The van der Waals surface area contributed by atoms with Gasteiger partial charge in [-0.1, -0.05) is 18.2 Å². The summed E-state index contributed by atoms with van der Waals surface area (Å²) in [6.07, 6.45) is 3.54. The van der Waals surface area contributed by atoms with Gasteiger partial charge in [-0.05, 0) is 53.6 Å². The first-order chi connectivity index (χ1) is 14.4. The number of hydrogen-bond donors (Lipinski definition) is 0. The number of halogens is 2. The predicted molar refractivity (Wildman–Crippen MR) is 115 cm³/mol. The first kappa shape index (κ1) is 22.6. The van der Waals surface area contributed by atoms with Crippen LogP contribution in [0.5, 0.6) is 11.5 Å². The highest BCUT2D eigenvalue weighted by Gasteiger charge is 2.13. The predicted octanol–water partition coefficient (Wildman–Crippen LogP) is 4.84. The van der Waals surface area contributed by atoms with Gasteiger partial charge in [0, 0.05) is 29.5 Å². The summed E-state index contributed by atoms with van der Waals surface area (Å²) in [6, 6.07) is 13.6. The molecule has 0 radical (unpaired) electrons. The van der Waals surface area contributed by atoms with Gasteiger partial charge in [0.05, 0.1) is 4.90 Å². The topological polar surface area (TPSA) is 77.5 Å². The van der Waals surface area contributed by atoms with E-state index in [9.17, 15) is 25.6 Å². The molecule has 0 fully saturated rings. The molecule has 0 aliphatic carbocycles. The van der Waals surface area contributed by atoms with Crippen molar-refractivity contribution in [2.45, 2.75) is 4.90 Å². The molecule has 5 nitrogen and oxygen atoms in total. The largest absolute Gasteiger partial charge is 0.454 e. The van der Waals surface area contributed by atoms with Gasteiger partial charge in [0.1, 0.15) is 11.6 Å². The van der Waals surface area contributed by atoms with E-state index >= 15 is 0 Å². The molecule has 0 aliphatic rings. The standard InChI is InChI=1S/C22H18F2O5S2/c1-30(25,26)12-11-15-3-9-21(29-22-10-6-17(23)14-20(22)24)19(13-15)16-4-7-18(8-5-16)31(2,27)28/h3-14H,1-2H3. The molecule has 9 heteroatoms. The summed E-state index contributed by atoms with van der Waals surface area (Å²) >= 11 is 0. The molecular formula is C22H18F2O5S2. The summed E-state index contributed by atoms with van der Waals surface area (Å²) in [6.45, 7) is 0. The van der Waals surface area contributed by atoms with E-state index in [2.05, 4.69) is 0 Å². The molecule has 0 saturated heterocycles. The molecule has 0 aliphatic heterocycles. The van der Waals surface area contributed by atoms with Crippen molar-refractivity contribution in [3.05, 3.63) is 83.3 Å². The Morgan fingerprint density at radius 2 is 1.45 bits per heavy atom. The molecule has 3 aromatic rings. The third-order valence-corrected chi connectivity index (χ3v) is 5.98. The average Bonchev–Trinajstić information content (AvgIpc) is 2.68. The van der Waals surface area contributed by atoms with Crippen molar-refractivity contribution in [2.24, 2.45) is 0 Å². The van der Waals surface area contributed by atoms with E-state index in [1.54, 1.807) is 24.3 Å². The second-order valence-corrected chi connectivity index (χ2v) is 10.8. The Morgan fingerprint density at radius 1 is 0.806 bits per heavy atom. The third kappa shape index (κ3) is 5.99. The van der Waals surface area contributed by atoms with Crippen LogP contribution in [0.1, 0.15) is 5.56 Å². The van der Waals surface area contributed by atoms with E-state index in [1.807, 2.05) is 0 Å². The number of rotatable bonds is 6. The zero-order chi connectivity index (χ0) is 22.8. The van der Waals surface area contributed by atoms with Crippen LogP contribution in [-0.4, -0.2) is 29.3 Å². The van der Waals surface area contributed by atoms with Crippen LogP contribution in [-0.2, 0) is 19.7 Å². The Hall–Kier alpha value is -3.04. The minimum Gasteiger partial charge on any atom is -0.454 e. The van der Waals surface area contributed by atoms with E-state index in [-0.39, 0.29) is 16.4 Å². The zero-order valence-corrected chi connectivity index (χ0v) is 18.2. The van der Waals surface area contributed by atoms with Crippen LogP contribution in [0.25, 0.3) is 17.2 Å². The highest BCUT2D eigenvalue weighted by atomic mass is 32.2. The van der Waals surface area contributed by atoms with Crippen LogP contribution in [0.3, 0.4) is 0 Å². The molecular weight excluding hydrogens is 446 g/mol. The molecule has 0 N–H and O–H groups in total. The summed E-state index contributed by atoms with van der Waals surface area (Å²) in [5.41, 5.74) is 1.54. The fourth-order valence-corrected chi connectivity index (χ4v) is 3.76. The third-order valence-electron chi connectivity index (χ3n) is 4.22. The summed E-state index contributed by atoms with van der Waals surface area (Å²) < 4.78 is 79.2. The van der Waals surface area contributed by atoms with Crippen LogP contribution in [0, 0.1) is 11.6 Å². The van der Waals surface area contributed by atoms with Crippen LogP contribution in [0.4, 0.5) is 8.78 Å². The number of benzene rings is 3. The maximum absolute atomic E-state index is 14.1. The summed E-state index contributed by atoms with van der Waals surface area (Å²) in [5.74, 6) is -1.62. The first-order valence-electron chi connectivity index (χ1n) is 8.88. The normalized spacial score (nSPS) is 12.3. The van der Waals surface area contributed by atoms with Crippen molar-refractivity contribution in [2.75, 3.05) is 12.5 Å². The quantitative estimate of drug-likeness (QED) is 0.522. The van der Waals surface area contributed by atoms with Crippen LogP contribution < -0.4 is 4.74 Å². The molecule has 0 heterocycles. The monoisotopic (exact) mass is 464 g/mol. The van der Waals surface area contributed by atoms with Gasteiger partial charge < -0.3 is 4.74 Å². The van der Waals surface area contributed by atoms with Gasteiger partial charge in [0.15, 0.2) is 31.2 Å². The minimum absolute atomic E-state index is 0.122. The second-order valence-electron chi connectivity index (χ2n) is 6.86. The van der Waals surface area contributed by atoms with Gasteiger partial charge in [-0.3, -0.25) is 0 Å². The number of ether oxygens (including phenoxy) is 1. The van der Waals surface area contributed by atoms with Crippen molar-refractivity contribution >= 4 is 25.8 Å². The molecule has 31 heavy (non-hydrogen) atoms. The fraction of sp³-hybridized carbons (Fsp3) is 0.0909. The van der Waals surface area contributed by atoms with E-state index in [0.717, 1.165) is 30.1 Å². The minimum atomic E-state index is -3.40. The van der Waals surface area contributed by atoms with Crippen molar-refractivity contribution in [3.63, 3.8) is 0 Å². The van der Waals surface area contributed by atoms with E-state index < -0.39 is 31.3 Å². The molecule has 3 aromatic carbocycles. The maximum Gasteiger partial charge on any atom is 0.175 e. The second kappa shape index (κ2) is 8.60. The number of sulfone groups is 2. The average molecular weight is 465 g/mol. The lowest BCUT2D eigenvalue weighted by atomic mass is 10.0. The van der Waals surface area contributed by atoms with Gasteiger partial charge in [0.2, 0.25) is 0 Å². The van der Waals surface area contributed by atoms with Crippen molar-refractivity contribution < 1.29 is 30.4 Å². The molecule has 0 unspecified atom stereocenters. The highest BCUT2D eigenvalue weighted by molar-refractivity contribution is 7.93. The molecule has 0 saturated carbocycles. The molecule has 0 spiro atoms. The van der Waals surface area contributed by atoms with Gasteiger partial charge in [-0.15, -0.1) is 0 Å². The molecule has 0 amide bonds. The smallest absolute Gasteiger partial charge is 0.175 e. The summed E-state index contributed by atoms with van der Waals surface area (Å²) in [4.78, 5) is 0.122. The maximum atomic E-state index is 14.1. The van der Waals surface area contributed by atoms with Crippen LogP contribution in [0.15, 0.2) is 71.0 Å². The Balaban J connectivity index is 2.10. The van der Waals surface area contributed by atoms with Gasteiger partial charge >= 0.3 is 0 Å². The molecule has 3 rings (SSSR count). The molecule has 0 aromatic heterocycles. The van der Waals surface area contributed by atoms with Crippen LogP contribution in [0.2, 0.25) is 0 Å². The van der Waals surface area contributed by atoms with E-state index in [0.29, 0.717) is 22.8 Å². The van der Waals surface area contributed by atoms with Crippen molar-refractivity contribution in [3.8, 4) is 22.6 Å². The van der Waals surface area contributed by atoms with E-state index in [4.69, 9.17) is 4.74 Å². The SMILES string of the molecule is CS(=O)(=O)C=Cc1ccc(Oc2ccc(F)cc2F)c(-c2ccc(S(C)(=O)=O)cc2)c1. The lowest BCUT2D eigenvalue weighted by Crippen LogP contribution is -1.97. The molecule has 0 atom stereocenters. The lowest BCUT2D eigenvalue weighted by molar-refractivity contribution is 0.439. The summed E-state index contributed by atoms with van der Waals surface area (Å²) in [7, 11) is -6.75. The summed E-state index contributed by atoms with van der Waals surface area (Å²) in [5, 5.41) is 1.04. The first-order valence-corrected chi connectivity index (χ1v) is 12.7. The van der Waals surface area contributed by atoms with Crippen molar-refractivity contribution in [1.82, 2.24) is 0 Å². The number of hydrogen-bond acceptors (Lipinski definition) is 5. The lowest BCUT2D eigenvalue weighted by Gasteiger charge is -2.13. The highest BCUT2D eigenvalue weighted by Crippen LogP contribution is 2.36. The Morgan fingerprint density at radius 3 is 2.03 bits per heavy atom. The molecule has 0 bridgehead atoms. The zero-order valence-electron chi connectivity index (χ0n) is 16.5. The van der Waals surface area contributed by atoms with E-state index in [1.165, 1.54) is 24.3 Å². The van der Waals surface area contributed by atoms with Gasteiger partial charge in [0.25, 0.3) is 0 Å². The van der Waals surface area contributed by atoms with Gasteiger partial charge in [-0.2, -0.15) is 0 Å². The Labute approximate surface area is 179 Å². The Bertz CT molecular complexity index is 1360. The van der Waals surface area contributed by atoms with Crippen molar-refractivity contribution in [1.29, 1.82) is 0 Å². The molecule has 162 valence electrons.